The molecule has 5 rings (SSSR count). The van der Waals surface area contributed by atoms with E-state index in [0.29, 0.717) is 56.1 Å². The van der Waals surface area contributed by atoms with Gasteiger partial charge in [-0.3, -0.25) is 4.79 Å². The fourth-order valence-corrected chi connectivity index (χ4v) is 6.29. The zero-order chi connectivity index (χ0) is 20.2. The summed E-state index contributed by atoms with van der Waals surface area (Å²) in [5.74, 6) is 0.607. The molecule has 7 nitrogen and oxygen atoms in total. The number of carbonyl (C=O) groups is 1. The maximum absolute atomic E-state index is 13.3. The molecule has 2 aromatic rings. The summed E-state index contributed by atoms with van der Waals surface area (Å²) in [6, 6.07) is 7.14. The maximum atomic E-state index is 13.3. The van der Waals surface area contributed by atoms with Crippen LogP contribution in [-0.2, 0) is 27.7 Å². The number of aryl methyl sites for hydroxylation is 1. The van der Waals surface area contributed by atoms with Crippen molar-refractivity contribution < 1.29 is 17.9 Å². The Morgan fingerprint density at radius 1 is 1.14 bits per heavy atom. The molecule has 4 heterocycles. The number of aromatic nitrogens is 1. The number of ether oxygens (including phenoxy) is 1. The van der Waals surface area contributed by atoms with Crippen molar-refractivity contribution >= 4 is 37.5 Å². The summed E-state index contributed by atoms with van der Waals surface area (Å²) in [6.07, 6.45) is 3.76. The summed E-state index contributed by atoms with van der Waals surface area (Å²) in [5.41, 5.74) is 2.85. The summed E-state index contributed by atoms with van der Waals surface area (Å²) in [6.45, 7) is 1.35. The Morgan fingerprint density at radius 2 is 1.93 bits per heavy atom. The minimum atomic E-state index is -3.62. The van der Waals surface area contributed by atoms with Crippen LogP contribution >= 0.6 is 15.9 Å². The van der Waals surface area contributed by atoms with E-state index in [1.807, 2.05) is 6.07 Å². The SMILES string of the molecule is O=C1CCc2cc(S(=O)(=O)N3CCC(Oc4ncccc4Br)C3)cc3c2N1CC3. The van der Waals surface area contributed by atoms with Gasteiger partial charge in [0.05, 0.1) is 21.6 Å². The number of carbonyl (C=O) groups excluding carboxylic acids is 1. The second-order valence-corrected chi connectivity index (χ2v) is 10.4. The number of pyridine rings is 1. The minimum Gasteiger partial charge on any atom is -0.472 e. The van der Waals surface area contributed by atoms with E-state index in [9.17, 15) is 13.2 Å². The highest BCUT2D eigenvalue weighted by atomic mass is 79.9. The normalized spacial score (nSPS) is 21.5. The van der Waals surface area contributed by atoms with E-state index in [1.165, 1.54) is 4.31 Å². The van der Waals surface area contributed by atoms with Gasteiger partial charge in [0.15, 0.2) is 0 Å². The highest BCUT2D eigenvalue weighted by Gasteiger charge is 2.37. The van der Waals surface area contributed by atoms with Gasteiger partial charge in [-0.25, -0.2) is 13.4 Å². The monoisotopic (exact) mass is 477 g/mol. The van der Waals surface area contributed by atoms with Crippen LogP contribution < -0.4 is 9.64 Å². The predicted octanol–water partition coefficient (Wildman–Crippen LogP) is 2.52. The Hall–Kier alpha value is -1.97. The first-order chi connectivity index (χ1) is 13.9. The second-order valence-electron chi connectivity index (χ2n) is 7.57. The molecule has 0 aliphatic carbocycles. The Balaban J connectivity index is 1.38. The second kappa shape index (κ2) is 7.07. The van der Waals surface area contributed by atoms with Gasteiger partial charge in [-0.2, -0.15) is 4.31 Å². The van der Waals surface area contributed by atoms with Crippen LogP contribution in [0.4, 0.5) is 5.69 Å². The van der Waals surface area contributed by atoms with E-state index < -0.39 is 10.0 Å². The van der Waals surface area contributed by atoms with E-state index in [4.69, 9.17) is 4.74 Å². The van der Waals surface area contributed by atoms with E-state index in [-0.39, 0.29) is 12.0 Å². The molecule has 1 aromatic heterocycles. The zero-order valence-electron chi connectivity index (χ0n) is 15.7. The van der Waals surface area contributed by atoms with Gasteiger partial charge in [0, 0.05) is 25.7 Å². The molecule has 0 saturated carbocycles. The molecule has 1 saturated heterocycles. The fourth-order valence-electron chi connectivity index (χ4n) is 4.35. The summed E-state index contributed by atoms with van der Waals surface area (Å²) in [4.78, 5) is 18.4. The largest absolute Gasteiger partial charge is 0.472 e. The molecule has 29 heavy (non-hydrogen) atoms. The first-order valence-electron chi connectivity index (χ1n) is 9.67. The van der Waals surface area contributed by atoms with Crippen LogP contribution in [-0.4, -0.2) is 49.4 Å². The Kier molecular flexibility index (Phi) is 4.64. The van der Waals surface area contributed by atoms with Gasteiger partial charge >= 0.3 is 0 Å². The van der Waals surface area contributed by atoms with Crippen molar-refractivity contribution in [2.45, 2.75) is 36.7 Å². The number of nitrogens with zero attached hydrogens (tertiary/aromatic N) is 3. The molecular formula is C20H20BrN3O4S. The summed E-state index contributed by atoms with van der Waals surface area (Å²) < 4.78 is 34.7. The van der Waals surface area contributed by atoms with Gasteiger partial charge in [0.25, 0.3) is 0 Å². The molecule has 1 fully saturated rings. The van der Waals surface area contributed by atoms with Crippen molar-refractivity contribution in [1.29, 1.82) is 0 Å². The van der Waals surface area contributed by atoms with Crippen molar-refractivity contribution in [1.82, 2.24) is 9.29 Å². The quantitative estimate of drug-likeness (QED) is 0.675. The smallest absolute Gasteiger partial charge is 0.243 e. The molecule has 1 atom stereocenters. The molecule has 152 valence electrons. The van der Waals surface area contributed by atoms with Gasteiger partial charge in [-0.15, -0.1) is 0 Å². The van der Waals surface area contributed by atoms with Crippen LogP contribution in [0.2, 0.25) is 0 Å². The third-order valence-corrected chi connectivity index (χ3v) is 8.22. The summed E-state index contributed by atoms with van der Waals surface area (Å²) in [5, 5.41) is 0. The van der Waals surface area contributed by atoms with Crippen LogP contribution in [0.25, 0.3) is 0 Å². The molecule has 3 aliphatic rings. The van der Waals surface area contributed by atoms with E-state index in [1.54, 1.807) is 29.3 Å². The maximum Gasteiger partial charge on any atom is 0.243 e. The van der Waals surface area contributed by atoms with Gasteiger partial charge in [0.1, 0.15) is 6.10 Å². The first-order valence-corrected chi connectivity index (χ1v) is 11.9. The highest BCUT2D eigenvalue weighted by molar-refractivity contribution is 9.10. The summed E-state index contributed by atoms with van der Waals surface area (Å²) in [7, 11) is -3.62. The Bertz CT molecular complexity index is 1100. The predicted molar refractivity (Wildman–Crippen MR) is 111 cm³/mol. The standard InChI is InChI=1S/C20H20BrN3O4S/c21-17-2-1-7-22-20(17)28-15-6-8-23(12-15)29(26,27)16-10-13-3-4-18(25)24-9-5-14(11-16)19(13)24/h1-2,7,10-11,15H,3-6,8-9,12H2. The number of hydrogen-bond acceptors (Lipinski definition) is 5. The number of halogens is 1. The van der Waals surface area contributed by atoms with E-state index in [2.05, 4.69) is 20.9 Å². The van der Waals surface area contributed by atoms with Gasteiger partial charge in [-0.1, -0.05) is 0 Å². The number of amides is 1. The number of hydrogen-bond donors (Lipinski definition) is 0. The Labute approximate surface area is 177 Å². The molecule has 1 unspecified atom stereocenters. The number of sulfonamides is 1. The number of rotatable bonds is 4. The van der Waals surface area contributed by atoms with Gasteiger partial charge < -0.3 is 9.64 Å². The van der Waals surface area contributed by atoms with Crippen molar-refractivity contribution in [3.63, 3.8) is 0 Å². The molecule has 0 radical (unpaired) electrons. The van der Waals surface area contributed by atoms with Gasteiger partial charge in [-0.05, 0) is 70.6 Å². The number of anilines is 1. The molecular weight excluding hydrogens is 458 g/mol. The van der Waals surface area contributed by atoms with Gasteiger partial charge in [0.2, 0.25) is 21.8 Å². The lowest BCUT2D eigenvalue weighted by molar-refractivity contribution is -0.118. The lowest BCUT2D eigenvalue weighted by atomic mass is 10.00. The third kappa shape index (κ3) is 3.25. The van der Waals surface area contributed by atoms with Crippen LogP contribution in [0.15, 0.2) is 39.8 Å². The third-order valence-electron chi connectivity index (χ3n) is 5.77. The van der Waals surface area contributed by atoms with Crippen molar-refractivity contribution in [2.75, 3.05) is 24.5 Å². The molecule has 0 N–H and O–H groups in total. The van der Waals surface area contributed by atoms with E-state index in [0.717, 1.165) is 21.3 Å². The molecule has 0 spiro atoms. The average Bonchev–Trinajstić information content (AvgIpc) is 3.35. The average molecular weight is 478 g/mol. The molecule has 0 bridgehead atoms. The van der Waals surface area contributed by atoms with Crippen molar-refractivity contribution in [3.05, 3.63) is 46.1 Å². The van der Waals surface area contributed by atoms with Crippen molar-refractivity contribution in [2.24, 2.45) is 0 Å². The molecule has 1 aromatic carbocycles. The topological polar surface area (TPSA) is 79.8 Å². The van der Waals surface area contributed by atoms with E-state index >= 15 is 0 Å². The fraction of sp³-hybridized carbons (Fsp3) is 0.400. The molecule has 1 amide bonds. The van der Waals surface area contributed by atoms with Crippen LogP contribution in [0, 0.1) is 0 Å². The minimum absolute atomic E-state index is 0.132. The lowest BCUT2D eigenvalue weighted by Gasteiger charge is -2.26. The summed E-state index contributed by atoms with van der Waals surface area (Å²) >= 11 is 3.41. The van der Waals surface area contributed by atoms with Crippen LogP contribution in [0.3, 0.4) is 0 Å². The highest BCUT2D eigenvalue weighted by Crippen LogP contribution is 2.39. The molecule has 9 heteroatoms. The van der Waals surface area contributed by atoms with Crippen LogP contribution in [0.5, 0.6) is 5.88 Å². The lowest BCUT2D eigenvalue weighted by Crippen LogP contribution is -2.33. The Morgan fingerprint density at radius 3 is 2.72 bits per heavy atom. The van der Waals surface area contributed by atoms with Crippen molar-refractivity contribution in [3.8, 4) is 5.88 Å². The first kappa shape index (κ1) is 19.0. The molecule has 3 aliphatic heterocycles. The zero-order valence-corrected chi connectivity index (χ0v) is 18.1. The van der Waals surface area contributed by atoms with Crippen LogP contribution in [0.1, 0.15) is 24.0 Å². The number of benzene rings is 1.